The number of hydrogen-bond donors (Lipinski definition) is 0. The molecule has 4 rings (SSSR count). The molecule has 1 aliphatic heterocycles. The van der Waals surface area contributed by atoms with Crippen molar-refractivity contribution in [1.82, 2.24) is 14.5 Å². The Kier molecular flexibility index (Phi) is 6.30. The number of sulfone groups is 1. The van der Waals surface area contributed by atoms with Gasteiger partial charge in [-0.1, -0.05) is 23.7 Å². The molecule has 1 atom stereocenters. The summed E-state index contributed by atoms with van der Waals surface area (Å²) < 4.78 is 32.7. The summed E-state index contributed by atoms with van der Waals surface area (Å²) >= 11 is 6.15. The molecule has 0 bridgehead atoms. The van der Waals surface area contributed by atoms with E-state index >= 15 is 0 Å². The fourth-order valence-electron chi connectivity index (χ4n) is 4.10. The Balaban J connectivity index is 1.49. The van der Waals surface area contributed by atoms with E-state index in [2.05, 4.69) is 16.0 Å². The molecule has 1 saturated heterocycles. The monoisotopic (exact) mass is 437 g/mol. The van der Waals surface area contributed by atoms with Gasteiger partial charge >= 0.3 is 0 Å². The van der Waals surface area contributed by atoms with Gasteiger partial charge in [0.1, 0.15) is 0 Å². The van der Waals surface area contributed by atoms with Crippen LogP contribution < -0.4 is 0 Å². The summed E-state index contributed by atoms with van der Waals surface area (Å²) in [5.74, 6) is 0.951. The van der Waals surface area contributed by atoms with Gasteiger partial charge in [-0.05, 0) is 55.3 Å². The van der Waals surface area contributed by atoms with Crippen molar-refractivity contribution in [3.05, 3.63) is 46.7 Å². The molecule has 2 aromatic rings. The predicted octanol–water partition coefficient (Wildman–Crippen LogP) is 3.36. The summed E-state index contributed by atoms with van der Waals surface area (Å²) in [6.45, 7) is 3.54. The van der Waals surface area contributed by atoms with Crippen LogP contribution in [0.3, 0.4) is 0 Å². The molecule has 1 saturated carbocycles. The van der Waals surface area contributed by atoms with Crippen LogP contribution in [0.5, 0.6) is 0 Å². The zero-order valence-corrected chi connectivity index (χ0v) is 18.3. The van der Waals surface area contributed by atoms with Crippen LogP contribution in [0.4, 0.5) is 0 Å². The highest BCUT2D eigenvalue weighted by Gasteiger charge is 2.33. The van der Waals surface area contributed by atoms with Gasteiger partial charge in [0.25, 0.3) is 0 Å². The lowest BCUT2D eigenvalue weighted by Gasteiger charge is -2.18. The van der Waals surface area contributed by atoms with E-state index in [1.807, 2.05) is 22.8 Å². The van der Waals surface area contributed by atoms with Crippen molar-refractivity contribution in [2.75, 3.05) is 32.6 Å². The van der Waals surface area contributed by atoms with Crippen LogP contribution in [0, 0.1) is 5.92 Å². The van der Waals surface area contributed by atoms with Gasteiger partial charge in [-0.3, -0.25) is 4.90 Å². The Morgan fingerprint density at radius 1 is 1.28 bits per heavy atom. The van der Waals surface area contributed by atoms with E-state index in [4.69, 9.17) is 16.3 Å². The lowest BCUT2D eigenvalue weighted by Crippen LogP contribution is -2.24. The molecule has 158 valence electrons. The zero-order chi connectivity index (χ0) is 20.4. The van der Waals surface area contributed by atoms with Crippen molar-refractivity contribution in [2.45, 2.75) is 43.4 Å². The van der Waals surface area contributed by atoms with Gasteiger partial charge in [0.05, 0.1) is 24.3 Å². The number of imidazole rings is 1. The number of likely N-dealkylation sites (tertiary alicyclic amines) is 1. The van der Waals surface area contributed by atoms with Crippen molar-refractivity contribution < 1.29 is 13.2 Å². The first-order valence-corrected chi connectivity index (χ1v) is 12.2. The standard InChI is InChI=1S/C21H28ClN3O3S/c1-28-10-9-25-20(12-23-21(25)29(26,27)15-16-5-6-16)14-24-8-7-18(13-24)17-3-2-4-19(22)11-17/h2-4,11-12,16,18H,5-10,13-15H2,1H3/t18-/m0/s1. The van der Waals surface area contributed by atoms with Crippen LogP contribution in [0.1, 0.15) is 36.4 Å². The maximum absolute atomic E-state index is 12.8. The maximum Gasteiger partial charge on any atom is 0.227 e. The average molecular weight is 438 g/mol. The third-order valence-electron chi connectivity index (χ3n) is 5.83. The number of rotatable bonds is 9. The normalized spacial score (nSPS) is 20.4. The predicted molar refractivity (Wildman–Crippen MR) is 113 cm³/mol. The minimum atomic E-state index is -3.37. The molecule has 2 aliphatic rings. The van der Waals surface area contributed by atoms with Gasteiger partial charge < -0.3 is 9.30 Å². The lowest BCUT2D eigenvalue weighted by molar-refractivity contribution is 0.182. The molecule has 8 heteroatoms. The molecule has 6 nitrogen and oxygen atoms in total. The lowest BCUT2D eigenvalue weighted by atomic mass is 9.99. The highest BCUT2D eigenvalue weighted by Crippen LogP contribution is 2.33. The summed E-state index contributed by atoms with van der Waals surface area (Å²) in [7, 11) is -1.74. The quantitative estimate of drug-likeness (QED) is 0.601. The van der Waals surface area contributed by atoms with E-state index in [-0.39, 0.29) is 10.9 Å². The molecule has 0 unspecified atom stereocenters. The van der Waals surface area contributed by atoms with Crippen LogP contribution in [0.2, 0.25) is 5.02 Å². The smallest absolute Gasteiger partial charge is 0.227 e. The number of nitrogens with zero attached hydrogens (tertiary/aromatic N) is 3. The Bertz CT molecular complexity index is 956. The Morgan fingerprint density at radius 3 is 2.83 bits per heavy atom. The molecular formula is C21H28ClN3O3S. The second-order valence-corrected chi connectivity index (χ2v) is 10.5. The van der Waals surface area contributed by atoms with Crippen molar-refractivity contribution in [3.8, 4) is 0 Å². The summed E-state index contributed by atoms with van der Waals surface area (Å²) in [6, 6.07) is 8.07. The van der Waals surface area contributed by atoms with Gasteiger partial charge in [-0.15, -0.1) is 0 Å². The van der Waals surface area contributed by atoms with Crippen molar-refractivity contribution in [1.29, 1.82) is 0 Å². The highest BCUT2D eigenvalue weighted by atomic mass is 35.5. The van der Waals surface area contributed by atoms with Crippen molar-refractivity contribution in [3.63, 3.8) is 0 Å². The third-order valence-corrected chi connectivity index (χ3v) is 7.86. The molecule has 0 amide bonds. The van der Waals surface area contributed by atoms with E-state index in [1.165, 1.54) is 5.56 Å². The highest BCUT2D eigenvalue weighted by molar-refractivity contribution is 7.91. The molecule has 2 fully saturated rings. The topological polar surface area (TPSA) is 64.4 Å². The van der Waals surface area contributed by atoms with Crippen LogP contribution in [-0.4, -0.2) is 55.4 Å². The molecule has 29 heavy (non-hydrogen) atoms. The average Bonchev–Trinajstić information content (AvgIpc) is 3.20. The summed E-state index contributed by atoms with van der Waals surface area (Å²) in [6.07, 6.45) is 4.80. The number of methoxy groups -OCH3 is 1. The fraction of sp³-hybridized carbons (Fsp3) is 0.571. The molecular weight excluding hydrogens is 410 g/mol. The number of benzene rings is 1. The van der Waals surface area contributed by atoms with E-state index in [0.717, 1.165) is 43.1 Å². The summed E-state index contributed by atoms with van der Waals surface area (Å²) in [4.78, 5) is 6.69. The van der Waals surface area contributed by atoms with Gasteiger partial charge in [0, 0.05) is 31.8 Å². The molecule has 1 aliphatic carbocycles. The Labute approximate surface area is 177 Å². The molecule has 0 spiro atoms. The number of halogens is 1. The van der Waals surface area contributed by atoms with E-state index in [1.54, 1.807) is 13.3 Å². The second-order valence-electron chi connectivity index (χ2n) is 8.18. The van der Waals surface area contributed by atoms with Gasteiger partial charge in [-0.2, -0.15) is 0 Å². The largest absolute Gasteiger partial charge is 0.383 e. The van der Waals surface area contributed by atoms with Crippen molar-refractivity contribution in [2.24, 2.45) is 5.92 Å². The minimum absolute atomic E-state index is 0.196. The fourth-order valence-corrected chi connectivity index (χ4v) is 6.15. The van der Waals surface area contributed by atoms with E-state index in [0.29, 0.717) is 31.5 Å². The first kappa shape index (κ1) is 20.8. The molecule has 0 radical (unpaired) electrons. The first-order valence-electron chi connectivity index (χ1n) is 10.2. The van der Waals surface area contributed by atoms with Gasteiger partial charge in [0.15, 0.2) is 0 Å². The number of ether oxygens (including phenoxy) is 1. The maximum atomic E-state index is 12.8. The Hall–Kier alpha value is -1.41. The van der Waals surface area contributed by atoms with Crippen LogP contribution in [0.15, 0.2) is 35.6 Å². The third kappa shape index (κ3) is 5.02. The molecule has 2 heterocycles. The summed E-state index contributed by atoms with van der Waals surface area (Å²) in [5.41, 5.74) is 2.20. The first-order chi connectivity index (χ1) is 14.0. The van der Waals surface area contributed by atoms with Crippen LogP contribution in [-0.2, 0) is 27.7 Å². The number of aromatic nitrogens is 2. The van der Waals surface area contributed by atoms with Gasteiger partial charge in [0.2, 0.25) is 15.0 Å². The number of hydrogen-bond acceptors (Lipinski definition) is 5. The SMILES string of the molecule is COCCn1c(CN2CC[C@H](c3cccc(Cl)c3)C2)cnc1S(=O)(=O)CC1CC1. The molecule has 1 aromatic heterocycles. The molecule has 0 N–H and O–H groups in total. The second kappa shape index (κ2) is 8.76. The zero-order valence-electron chi connectivity index (χ0n) is 16.8. The molecule has 1 aromatic carbocycles. The summed E-state index contributed by atoms with van der Waals surface area (Å²) in [5, 5.41) is 0.964. The van der Waals surface area contributed by atoms with E-state index < -0.39 is 9.84 Å². The van der Waals surface area contributed by atoms with Crippen LogP contribution >= 0.6 is 11.6 Å². The Morgan fingerprint density at radius 2 is 2.10 bits per heavy atom. The van der Waals surface area contributed by atoms with Crippen LogP contribution in [0.25, 0.3) is 0 Å². The van der Waals surface area contributed by atoms with Crippen molar-refractivity contribution >= 4 is 21.4 Å². The van der Waals surface area contributed by atoms with E-state index in [9.17, 15) is 8.42 Å². The van der Waals surface area contributed by atoms with Gasteiger partial charge in [-0.25, -0.2) is 13.4 Å². The minimum Gasteiger partial charge on any atom is -0.383 e.